The number of fused-ring (bicyclic) bond motifs is 4. The third kappa shape index (κ3) is 13.1. The Balaban J connectivity index is 0.795. The summed E-state index contributed by atoms with van der Waals surface area (Å²) < 4.78 is 22.0. The van der Waals surface area contributed by atoms with Crippen molar-refractivity contribution in [3.8, 4) is 11.1 Å². The predicted octanol–water partition coefficient (Wildman–Crippen LogP) is 3.16. The fourth-order valence-corrected chi connectivity index (χ4v) is 8.49. The van der Waals surface area contributed by atoms with Gasteiger partial charge in [-0.3, -0.25) is 9.59 Å². The first-order valence-corrected chi connectivity index (χ1v) is 20.1. The van der Waals surface area contributed by atoms with Gasteiger partial charge in [0.25, 0.3) is 0 Å². The molecular weight excluding hydrogens is 731 g/mol. The Hall–Kier alpha value is -4.38. The Morgan fingerprint density at radius 1 is 0.782 bits per heavy atom. The normalized spacial score (nSPS) is 18.7. The molecule has 0 unspecified atom stereocenters. The largest absolute Gasteiger partial charge is 0.480 e. The van der Waals surface area contributed by atoms with Gasteiger partial charge in [-0.25, -0.2) is 14.4 Å². The lowest BCUT2D eigenvalue weighted by atomic mass is 9.98. The number of carbonyl (C=O) groups excluding carboxylic acids is 4. The van der Waals surface area contributed by atoms with Crippen LogP contribution in [-0.4, -0.2) is 123 Å². The highest BCUT2D eigenvalue weighted by atomic mass is 32.2. The molecule has 5 rings (SSSR count). The van der Waals surface area contributed by atoms with Gasteiger partial charge in [0.15, 0.2) is 0 Å². The molecule has 16 heteroatoms. The van der Waals surface area contributed by atoms with Crippen molar-refractivity contribution in [2.75, 3.05) is 65.1 Å². The average Bonchev–Trinajstić information content (AvgIpc) is 3.84. The topological polar surface area (TPSA) is 203 Å². The lowest BCUT2D eigenvalue weighted by Gasteiger charge is -2.17. The molecule has 0 bridgehead atoms. The molecule has 55 heavy (non-hydrogen) atoms. The summed E-state index contributed by atoms with van der Waals surface area (Å²) in [6.07, 6.45) is 3.18. The smallest absolute Gasteiger partial charge is 0.407 e. The first kappa shape index (κ1) is 41.8. The number of unbranched alkanes of at least 4 members (excludes halogenated alkanes) is 1. The number of carboxylic acid groups (broad SMARTS) is 1. The fraction of sp³-hybridized carbons (Fsp3) is 0.564. The average molecular weight is 784 g/mol. The van der Waals surface area contributed by atoms with Crippen LogP contribution in [0.5, 0.6) is 0 Å². The molecule has 5 amide bonds. The number of alkyl carbamates (subject to hydrolysis) is 1. The lowest BCUT2D eigenvalue weighted by molar-refractivity contribution is -0.141. The molecule has 4 atom stereocenters. The van der Waals surface area contributed by atoms with Gasteiger partial charge in [-0.15, -0.1) is 0 Å². The molecule has 2 heterocycles. The molecule has 6 N–H and O–H groups in total. The van der Waals surface area contributed by atoms with Gasteiger partial charge in [0, 0.05) is 49.6 Å². The Morgan fingerprint density at radius 3 is 2.02 bits per heavy atom. The summed E-state index contributed by atoms with van der Waals surface area (Å²) in [5.41, 5.74) is 4.23. The summed E-state index contributed by atoms with van der Waals surface area (Å²) in [6, 6.07) is 14.7. The quantitative estimate of drug-likeness (QED) is 0.0638. The zero-order chi connectivity index (χ0) is 38.8. The summed E-state index contributed by atoms with van der Waals surface area (Å²) in [4.78, 5) is 60.3. The van der Waals surface area contributed by atoms with Crippen LogP contribution in [0, 0.1) is 0 Å². The number of hydrogen-bond acceptors (Lipinski definition) is 10. The molecular formula is C39H53N5O10S. The zero-order valence-corrected chi connectivity index (χ0v) is 31.9. The van der Waals surface area contributed by atoms with E-state index in [2.05, 4.69) is 26.6 Å². The summed E-state index contributed by atoms with van der Waals surface area (Å²) in [5, 5.41) is 23.8. The third-order valence-corrected chi connectivity index (χ3v) is 11.2. The number of carbonyl (C=O) groups is 5. The van der Waals surface area contributed by atoms with Crippen LogP contribution in [0.1, 0.15) is 62.0 Å². The minimum Gasteiger partial charge on any atom is -0.480 e. The van der Waals surface area contributed by atoms with Gasteiger partial charge in [0.2, 0.25) is 11.8 Å². The number of benzene rings is 2. The van der Waals surface area contributed by atoms with E-state index >= 15 is 0 Å². The zero-order valence-electron chi connectivity index (χ0n) is 31.1. The third-order valence-electron chi connectivity index (χ3n) is 9.72. The van der Waals surface area contributed by atoms with E-state index in [1.165, 1.54) is 0 Å². The van der Waals surface area contributed by atoms with Gasteiger partial charge >= 0.3 is 18.1 Å². The molecule has 0 saturated carbocycles. The molecule has 2 aromatic carbocycles. The molecule has 2 aliphatic heterocycles. The Morgan fingerprint density at radius 2 is 1.38 bits per heavy atom. The number of rotatable bonds is 25. The Kier molecular flexibility index (Phi) is 16.9. The maximum atomic E-state index is 12.5. The molecule has 1 aliphatic carbocycles. The van der Waals surface area contributed by atoms with Crippen LogP contribution in [0.2, 0.25) is 0 Å². The van der Waals surface area contributed by atoms with E-state index in [1.54, 1.807) is 0 Å². The van der Waals surface area contributed by atoms with Crippen molar-refractivity contribution in [1.29, 1.82) is 0 Å². The first-order chi connectivity index (χ1) is 26.8. The number of nitrogens with one attached hydrogen (secondary N) is 5. The minimum atomic E-state index is -1.44. The van der Waals surface area contributed by atoms with Gasteiger partial charge in [0.05, 0.1) is 44.9 Å². The molecule has 0 spiro atoms. The number of ether oxygens (including phenoxy) is 4. The van der Waals surface area contributed by atoms with Crippen molar-refractivity contribution in [3.05, 3.63) is 59.7 Å². The maximum absolute atomic E-state index is 12.5. The lowest BCUT2D eigenvalue weighted by Crippen LogP contribution is -2.44. The standard InChI is InChI=1S/C39H53N5O10S/c45-34(14-6-5-13-33-36-32(25-55-33)42-38(49)44-36)40-15-7-17-51-19-21-53-22-20-52-18-8-16-41-35(46)23-31(37(47)48)43-39(50)54-24-30-28-11-3-1-9-26(28)27-10-2-4-12-29(27)30/h1-4,9-12,30-33,36H,5-8,13-25H2,(H,40,45)(H,41,46)(H,43,50)(H,47,48)(H2,42,44,49)/t31-,32+,33+,36+/m1/s1. The molecule has 15 nitrogen and oxygen atoms in total. The van der Waals surface area contributed by atoms with Crippen molar-refractivity contribution in [2.45, 2.75) is 74.2 Å². The molecule has 2 fully saturated rings. The second kappa shape index (κ2) is 22.2. The van der Waals surface area contributed by atoms with Crippen LogP contribution >= 0.6 is 11.8 Å². The number of aliphatic carboxylic acids is 1. The predicted molar refractivity (Wildman–Crippen MR) is 206 cm³/mol. The fourth-order valence-electron chi connectivity index (χ4n) is 6.95. The van der Waals surface area contributed by atoms with Crippen molar-refractivity contribution in [3.63, 3.8) is 0 Å². The first-order valence-electron chi connectivity index (χ1n) is 19.1. The van der Waals surface area contributed by atoms with Gasteiger partial charge < -0.3 is 50.6 Å². The van der Waals surface area contributed by atoms with E-state index < -0.39 is 30.4 Å². The molecule has 300 valence electrons. The summed E-state index contributed by atoms with van der Waals surface area (Å²) in [5.74, 6) is -1.03. The second-order valence-corrected chi connectivity index (χ2v) is 14.9. The minimum absolute atomic E-state index is 0.0334. The molecule has 2 aromatic rings. The van der Waals surface area contributed by atoms with Gasteiger partial charge in [-0.1, -0.05) is 55.0 Å². The van der Waals surface area contributed by atoms with Crippen LogP contribution in [0.25, 0.3) is 11.1 Å². The molecule has 2 saturated heterocycles. The van der Waals surface area contributed by atoms with Crippen LogP contribution < -0.4 is 26.6 Å². The van der Waals surface area contributed by atoms with E-state index in [0.29, 0.717) is 70.7 Å². The number of hydrogen-bond donors (Lipinski definition) is 6. The summed E-state index contributed by atoms with van der Waals surface area (Å²) in [6.45, 7) is 3.39. The number of thioether (sulfide) groups is 1. The molecule has 3 aliphatic rings. The highest BCUT2D eigenvalue weighted by molar-refractivity contribution is 8.00. The monoisotopic (exact) mass is 783 g/mol. The summed E-state index contributed by atoms with van der Waals surface area (Å²) in [7, 11) is 0. The van der Waals surface area contributed by atoms with Crippen molar-refractivity contribution < 1.29 is 48.0 Å². The van der Waals surface area contributed by atoms with Gasteiger partial charge in [0.1, 0.15) is 12.6 Å². The molecule has 0 radical (unpaired) electrons. The highest BCUT2D eigenvalue weighted by Gasteiger charge is 2.42. The van der Waals surface area contributed by atoms with E-state index in [4.69, 9.17) is 18.9 Å². The van der Waals surface area contributed by atoms with Crippen LogP contribution in [-0.2, 0) is 33.3 Å². The number of urea groups is 1. The van der Waals surface area contributed by atoms with E-state index in [1.807, 2.05) is 60.3 Å². The summed E-state index contributed by atoms with van der Waals surface area (Å²) >= 11 is 1.89. The van der Waals surface area contributed by atoms with Crippen molar-refractivity contribution in [2.24, 2.45) is 0 Å². The van der Waals surface area contributed by atoms with Crippen LogP contribution in [0.15, 0.2) is 48.5 Å². The Labute approximate surface area is 325 Å². The van der Waals surface area contributed by atoms with Crippen molar-refractivity contribution >= 4 is 41.7 Å². The van der Waals surface area contributed by atoms with Crippen LogP contribution in [0.4, 0.5) is 9.59 Å². The SMILES string of the molecule is O=C(CCCC[C@@H]1SC[C@@H]2NC(=O)N[C@@H]21)NCCCOCCOCCOCCCNC(=O)C[C@@H](NC(=O)OCC1c2ccccc2-c2ccccc21)C(=O)O. The molecule has 0 aromatic heterocycles. The van der Waals surface area contributed by atoms with E-state index in [0.717, 1.165) is 47.3 Å². The number of carboxylic acids is 1. The van der Waals surface area contributed by atoms with Crippen molar-refractivity contribution in [1.82, 2.24) is 26.6 Å². The number of amides is 5. The van der Waals surface area contributed by atoms with Gasteiger partial charge in [-0.2, -0.15) is 11.8 Å². The van der Waals surface area contributed by atoms with E-state index in [9.17, 15) is 29.1 Å². The second-order valence-electron chi connectivity index (χ2n) is 13.7. The van der Waals surface area contributed by atoms with E-state index in [-0.39, 0.29) is 43.1 Å². The Bertz CT molecular complexity index is 1550. The maximum Gasteiger partial charge on any atom is 0.407 e. The van der Waals surface area contributed by atoms with Gasteiger partial charge in [-0.05, 0) is 47.9 Å². The van der Waals surface area contributed by atoms with Crippen LogP contribution in [0.3, 0.4) is 0 Å². The highest BCUT2D eigenvalue weighted by Crippen LogP contribution is 2.44.